The Morgan fingerprint density at radius 2 is 2.12 bits per heavy atom. The fraction of sp³-hybridized carbons (Fsp3) is 0.609. The van der Waals surface area contributed by atoms with Crippen molar-refractivity contribution in [2.45, 2.75) is 69.0 Å². The molecule has 0 bridgehead atoms. The van der Waals surface area contributed by atoms with E-state index in [4.69, 9.17) is 14.4 Å². The zero-order valence-corrected chi connectivity index (χ0v) is 19.7. The predicted octanol–water partition coefficient (Wildman–Crippen LogP) is 2.10. The van der Waals surface area contributed by atoms with Crippen molar-refractivity contribution >= 4 is 21.5 Å². The molecule has 3 atom stereocenters. The van der Waals surface area contributed by atoms with Gasteiger partial charge in [-0.1, -0.05) is 17.0 Å². The molecule has 33 heavy (non-hydrogen) atoms. The van der Waals surface area contributed by atoms with Gasteiger partial charge in [0.05, 0.1) is 5.69 Å². The number of hydroxylamine groups is 1. The van der Waals surface area contributed by atoms with Crippen LogP contribution in [-0.4, -0.2) is 55.0 Å². The van der Waals surface area contributed by atoms with Crippen LogP contribution in [0.4, 0.5) is 0 Å². The Morgan fingerprint density at radius 3 is 2.76 bits per heavy atom. The van der Waals surface area contributed by atoms with E-state index in [0.29, 0.717) is 36.8 Å². The van der Waals surface area contributed by atoms with Gasteiger partial charge in [-0.15, -0.1) is 0 Å². The van der Waals surface area contributed by atoms with Gasteiger partial charge in [0.25, 0.3) is 5.91 Å². The van der Waals surface area contributed by atoms with E-state index < -0.39 is 32.9 Å². The molecule has 10 heteroatoms. The van der Waals surface area contributed by atoms with Crippen molar-refractivity contribution in [3.8, 4) is 11.8 Å². The van der Waals surface area contributed by atoms with Crippen molar-refractivity contribution in [3.63, 3.8) is 0 Å². The molecule has 0 spiro atoms. The Morgan fingerprint density at radius 1 is 1.30 bits per heavy atom. The maximum Gasteiger partial charge on any atom is 0.264 e. The summed E-state index contributed by atoms with van der Waals surface area (Å²) in [5.41, 5.74) is 4.36. The van der Waals surface area contributed by atoms with Gasteiger partial charge >= 0.3 is 0 Å². The van der Waals surface area contributed by atoms with Crippen molar-refractivity contribution in [1.29, 1.82) is 0 Å². The molecule has 0 aromatic carbocycles. The van der Waals surface area contributed by atoms with E-state index in [1.165, 1.54) is 19.8 Å². The lowest BCUT2D eigenvalue weighted by atomic mass is 9.98. The van der Waals surface area contributed by atoms with E-state index >= 15 is 0 Å². The highest BCUT2D eigenvalue weighted by atomic mass is 32.2. The van der Waals surface area contributed by atoms with Gasteiger partial charge in [-0.05, 0) is 44.7 Å². The molecule has 1 aromatic heterocycles. The molecule has 1 amide bonds. The molecule has 1 aromatic rings. The Labute approximate surface area is 194 Å². The average Bonchev–Trinajstić information content (AvgIpc) is 3.53. The van der Waals surface area contributed by atoms with Crippen LogP contribution >= 0.6 is 0 Å². The summed E-state index contributed by atoms with van der Waals surface area (Å²) in [6.45, 7) is 1.91. The molecule has 3 heterocycles. The lowest BCUT2D eigenvalue weighted by molar-refractivity contribution is -0.201. The number of nitrogens with zero attached hydrogens (tertiary/aromatic N) is 2. The second-order valence-corrected chi connectivity index (χ2v) is 11.4. The first-order chi connectivity index (χ1) is 15.7. The van der Waals surface area contributed by atoms with Crippen molar-refractivity contribution < 1.29 is 27.6 Å². The quantitative estimate of drug-likeness (QED) is 0.474. The second kappa shape index (κ2) is 9.79. The number of carbonyl (C=O) groups excluding carboxylic acids is 1. The molecule has 9 nitrogen and oxygen atoms in total. The van der Waals surface area contributed by atoms with Crippen LogP contribution in [0.2, 0.25) is 0 Å². The minimum Gasteiger partial charge on any atom is -0.392 e. The van der Waals surface area contributed by atoms with Gasteiger partial charge in [0, 0.05) is 49.8 Å². The van der Waals surface area contributed by atoms with Crippen LogP contribution in [0.15, 0.2) is 23.5 Å². The van der Waals surface area contributed by atoms with Crippen LogP contribution in [0.3, 0.4) is 0 Å². The van der Waals surface area contributed by atoms with Crippen LogP contribution in [0, 0.1) is 17.8 Å². The molecule has 2 aliphatic heterocycles. The molecule has 2 fully saturated rings. The molecule has 1 saturated heterocycles. The first-order valence-corrected chi connectivity index (χ1v) is 13.1. The Kier molecular flexibility index (Phi) is 7.02. The SMILES string of the molecule is CC(CC1CC(c2ccc(C#CC3CC3)cn2)=NO1)(C(=O)NOC1CCCCO1)S(C)(=O)=O. The smallest absolute Gasteiger partial charge is 0.264 e. The van der Waals surface area contributed by atoms with E-state index in [1.807, 2.05) is 12.1 Å². The summed E-state index contributed by atoms with van der Waals surface area (Å²) in [5.74, 6) is 6.06. The number of aromatic nitrogens is 1. The standard InChI is InChI=1S/C23H29N3O6S/c1-23(33(2,28)29,22(27)26-32-21-5-3-4-12-30-21)14-18-13-20(25-31-18)19-11-10-17(15-24-19)9-8-16-6-7-16/h10-11,15-16,18,21H,3-7,12-14H2,1-2H3,(H,26,27). The average molecular weight is 476 g/mol. The van der Waals surface area contributed by atoms with Crippen molar-refractivity contribution in [3.05, 3.63) is 29.6 Å². The third kappa shape index (κ3) is 5.91. The summed E-state index contributed by atoms with van der Waals surface area (Å²) in [7, 11) is -3.79. The summed E-state index contributed by atoms with van der Waals surface area (Å²) in [6, 6.07) is 3.70. The fourth-order valence-electron chi connectivity index (χ4n) is 3.62. The second-order valence-electron chi connectivity index (χ2n) is 9.00. The van der Waals surface area contributed by atoms with Crippen molar-refractivity contribution in [2.24, 2.45) is 11.1 Å². The van der Waals surface area contributed by atoms with Crippen molar-refractivity contribution in [1.82, 2.24) is 10.5 Å². The summed E-state index contributed by atoms with van der Waals surface area (Å²) in [5, 5.41) is 4.09. The maximum atomic E-state index is 12.9. The highest BCUT2D eigenvalue weighted by molar-refractivity contribution is 7.92. The van der Waals surface area contributed by atoms with Gasteiger partial charge < -0.3 is 9.57 Å². The lowest BCUT2D eigenvalue weighted by Gasteiger charge is -2.29. The maximum absolute atomic E-state index is 12.9. The zero-order chi connectivity index (χ0) is 23.5. The van der Waals surface area contributed by atoms with E-state index in [1.54, 1.807) is 6.20 Å². The summed E-state index contributed by atoms with van der Waals surface area (Å²) in [6.07, 6.45) is 6.64. The zero-order valence-electron chi connectivity index (χ0n) is 18.9. The highest BCUT2D eigenvalue weighted by Crippen LogP contribution is 2.30. The molecular formula is C23H29N3O6S. The van der Waals surface area contributed by atoms with Crippen LogP contribution in [-0.2, 0) is 29.0 Å². The van der Waals surface area contributed by atoms with Gasteiger partial charge in [0.1, 0.15) is 11.8 Å². The number of hydrogen-bond acceptors (Lipinski definition) is 8. The van der Waals surface area contributed by atoms with E-state index in [2.05, 4.69) is 27.5 Å². The topological polar surface area (TPSA) is 116 Å². The molecule has 1 aliphatic carbocycles. The number of nitrogens with one attached hydrogen (secondary N) is 1. The summed E-state index contributed by atoms with van der Waals surface area (Å²) in [4.78, 5) is 28.1. The van der Waals surface area contributed by atoms with Gasteiger partial charge in [-0.25, -0.2) is 18.7 Å². The number of amides is 1. The van der Waals surface area contributed by atoms with E-state index in [0.717, 1.165) is 24.7 Å². The third-order valence-corrected chi connectivity index (χ3v) is 8.12. The lowest BCUT2D eigenvalue weighted by Crippen LogP contribution is -2.52. The van der Waals surface area contributed by atoms with Gasteiger partial charge in [-0.3, -0.25) is 9.78 Å². The minimum atomic E-state index is -3.79. The fourth-order valence-corrected chi connectivity index (χ4v) is 4.49. The number of hydrogen-bond donors (Lipinski definition) is 1. The molecule has 3 aliphatic rings. The van der Waals surface area contributed by atoms with E-state index in [-0.39, 0.29) is 6.42 Å². The minimum absolute atomic E-state index is 0.0789. The monoisotopic (exact) mass is 475 g/mol. The number of sulfone groups is 1. The van der Waals surface area contributed by atoms with Crippen LogP contribution in [0.25, 0.3) is 0 Å². The number of oxime groups is 1. The molecule has 0 radical (unpaired) electrons. The molecule has 1 N–H and O–H groups in total. The number of ether oxygens (including phenoxy) is 1. The normalized spacial score (nSPS) is 24.6. The largest absolute Gasteiger partial charge is 0.392 e. The first-order valence-electron chi connectivity index (χ1n) is 11.2. The molecule has 1 saturated carbocycles. The van der Waals surface area contributed by atoms with Crippen LogP contribution in [0.5, 0.6) is 0 Å². The van der Waals surface area contributed by atoms with Gasteiger partial charge in [0.15, 0.2) is 20.9 Å². The highest BCUT2D eigenvalue weighted by Gasteiger charge is 2.47. The van der Waals surface area contributed by atoms with Gasteiger partial charge in [0.2, 0.25) is 0 Å². The number of pyridine rings is 1. The third-order valence-electron chi connectivity index (χ3n) is 6.13. The molecule has 4 rings (SSSR count). The summed E-state index contributed by atoms with van der Waals surface area (Å²) >= 11 is 0. The number of rotatable bonds is 7. The Hall–Kier alpha value is -2.48. The molecule has 178 valence electrons. The molecular weight excluding hydrogens is 446 g/mol. The van der Waals surface area contributed by atoms with Crippen molar-refractivity contribution in [2.75, 3.05) is 12.9 Å². The van der Waals surface area contributed by atoms with E-state index in [9.17, 15) is 13.2 Å². The van der Waals surface area contributed by atoms with Crippen LogP contribution in [0.1, 0.15) is 63.1 Å². The number of carbonyl (C=O) groups is 1. The van der Waals surface area contributed by atoms with Crippen LogP contribution < -0.4 is 5.48 Å². The van der Waals surface area contributed by atoms with Gasteiger partial charge in [-0.2, -0.15) is 0 Å². The first kappa shape index (κ1) is 23.7. The molecule has 3 unspecified atom stereocenters. The summed E-state index contributed by atoms with van der Waals surface area (Å²) < 4.78 is 28.8. The Balaban J connectivity index is 1.36. The Bertz CT molecular complexity index is 1070. The predicted molar refractivity (Wildman–Crippen MR) is 121 cm³/mol.